The number of halogens is 3. The van der Waals surface area contributed by atoms with Crippen LogP contribution in [0.4, 0.5) is 13.2 Å². The maximum absolute atomic E-state index is 12.9. The molecule has 0 radical (unpaired) electrons. The van der Waals surface area contributed by atoms with E-state index in [4.69, 9.17) is 0 Å². The number of hydrogen-bond acceptors (Lipinski definition) is 1. The van der Waals surface area contributed by atoms with Gasteiger partial charge in [0.05, 0.1) is 5.56 Å². The third-order valence-corrected chi connectivity index (χ3v) is 3.29. The van der Waals surface area contributed by atoms with Crippen molar-refractivity contribution in [2.24, 2.45) is 0 Å². The van der Waals surface area contributed by atoms with E-state index in [1.807, 2.05) is 6.92 Å². The average molecular weight is 243 g/mol. The first-order chi connectivity index (χ1) is 7.98. The summed E-state index contributed by atoms with van der Waals surface area (Å²) in [5, 5.41) is 3.18. The van der Waals surface area contributed by atoms with E-state index in [0.29, 0.717) is 5.56 Å². The Kier molecular flexibility index (Phi) is 3.43. The first-order valence-corrected chi connectivity index (χ1v) is 5.87. The smallest absolute Gasteiger partial charge is 0.317 e. The highest BCUT2D eigenvalue weighted by atomic mass is 19.4. The average Bonchev–Trinajstić information content (AvgIpc) is 2.28. The van der Waals surface area contributed by atoms with E-state index in [9.17, 15) is 13.2 Å². The van der Waals surface area contributed by atoms with Crippen LogP contribution in [0.2, 0.25) is 0 Å². The molecule has 0 atom stereocenters. The predicted octanol–water partition coefficient (Wildman–Crippen LogP) is 3.48. The molecule has 94 valence electrons. The fraction of sp³-hybridized carbons (Fsp3) is 0.538. The second-order valence-electron chi connectivity index (χ2n) is 4.61. The largest absolute Gasteiger partial charge is 0.416 e. The van der Waals surface area contributed by atoms with E-state index in [2.05, 4.69) is 5.32 Å². The molecule has 1 aromatic carbocycles. The van der Waals surface area contributed by atoms with E-state index in [1.165, 1.54) is 12.1 Å². The van der Waals surface area contributed by atoms with Gasteiger partial charge in [-0.1, -0.05) is 17.7 Å². The van der Waals surface area contributed by atoms with Gasteiger partial charge in [-0.3, -0.25) is 0 Å². The molecule has 17 heavy (non-hydrogen) atoms. The molecule has 0 aromatic heterocycles. The lowest BCUT2D eigenvalue weighted by Gasteiger charge is -2.26. The van der Waals surface area contributed by atoms with Gasteiger partial charge in [-0.2, -0.15) is 13.2 Å². The van der Waals surface area contributed by atoms with Crippen molar-refractivity contribution < 1.29 is 13.2 Å². The normalized spacial score (nSPS) is 18.4. The van der Waals surface area contributed by atoms with E-state index in [-0.39, 0.29) is 5.92 Å². The monoisotopic (exact) mass is 243 g/mol. The standard InChI is InChI=1S/C13H16F3N/c1-9-2-3-12(13(14,15)16)11(8-9)10-4-6-17-7-5-10/h2-3,8,10,17H,4-7H2,1H3. The Bertz CT molecular complexity index is 392. The Morgan fingerprint density at radius 2 is 1.82 bits per heavy atom. The van der Waals surface area contributed by atoms with Gasteiger partial charge in [-0.05, 0) is 50.4 Å². The second-order valence-corrected chi connectivity index (χ2v) is 4.61. The van der Waals surface area contributed by atoms with Gasteiger partial charge in [0.15, 0.2) is 0 Å². The van der Waals surface area contributed by atoms with Crippen LogP contribution in [0.25, 0.3) is 0 Å². The molecule has 2 rings (SSSR count). The van der Waals surface area contributed by atoms with Crippen LogP contribution in [0, 0.1) is 6.92 Å². The van der Waals surface area contributed by atoms with Crippen LogP contribution in [0.5, 0.6) is 0 Å². The predicted molar refractivity (Wildman–Crippen MR) is 61.0 cm³/mol. The van der Waals surface area contributed by atoms with Gasteiger partial charge < -0.3 is 5.32 Å². The Balaban J connectivity index is 2.39. The second kappa shape index (κ2) is 4.69. The third-order valence-electron chi connectivity index (χ3n) is 3.29. The number of aryl methyl sites for hydroxylation is 1. The van der Waals surface area contributed by atoms with E-state index < -0.39 is 11.7 Å². The lowest BCUT2D eigenvalue weighted by molar-refractivity contribution is -0.138. The summed E-state index contributed by atoms with van der Waals surface area (Å²) in [4.78, 5) is 0. The zero-order chi connectivity index (χ0) is 12.5. The minimum absolute atomic E-state index is 0.0350. The van der Waals surface area contributed by atoms with Crippen molar-refractivity contribution in [2.75, 3.05) is 13.1 Å². The van der Waals surface area contributed by atoms with Crippen molar-refractivity contribution in [3.63, 3.8) is 0 Å². The summed E-state index contributed by atoms with van der Waals surface area (Å²) < 4.78 is 38.8. The lowest BCUT2D eigenvalue weighted by Crippen LogP contribution is -2.27. The van der Waals surface area contributed by atoms with E-state index in [0.717, 1.165) is 31.5 Å². The van der Waals surface area contributed by atoms with Crippen molar-refractivity contribution in [2.45, 2.75) is 31.9 Å². The van der Waals surface area contributed by atoms with Crippen molar-refractivity contribution in [1.29, 1.82) is 0 Å². The summed E-state index contributed by atoms with van der Waals surface area (Å²) >= 11 is 0. The van der Waals surface area contributed by atoms with Crippen molar-refractivity contribution in [3.05, 3.63) is 34.9 Å². The van der Waals surface area contributed by atoms with Crippen molar-refractivity contribution >= 4 is 0 Å². The number of hydrogen-bond donors (Lipinski definition) is 1. The highest BCUT2D eigenvalue weighted by molar-refractivity contribution is 5.36. The Morgan fingerprint density at radius 3 is 2.41 bits per heavy atom. The highest BCUT2D eigenvalue weighted by Crippen LogP contribution is 2.38. The van der Waals surface area contributed by atoms with Gasteiger partial charge in [0.1, 0.15) is 0 Å². The summed E-state index contributed by atoms with van der Waals surface area (Å²) in [6.45, 7) is 3.44. The van der Waals surface area contributed by atoms with Crippen LogP contribution < -0.4 is 5.32 Å². The molecule has 1 aliphatic rings. The molecule has 0 unspecified atom stereocenters. The molecule has 0 saturated carbocycles. The number of piperidine rings is 1. The SMILES string of the molecule is Cc1ccc(C(F)(F)F)c(C2CCNCC2)c1. The maximum atomic E-state index is 12.9. The molecule has 1 aliphatic heterocycles. The summed E-state index contributed by atoms with van der Waals surface area (Å²) in [5.74, 6) is 0.0350. The number of benzene rings is 1. The molecule has 1 aromatic rings. The summed E-state index contributed by atoms with van der Waals surface area (Å²) in [5.41, 5.74) is 0.903. The zero-order valence-electron chi connectivity index (χ0n) is 9.77. The fourth-order valence-corrected chi connectivity index (χ4v) is 2.41. The molecule has 0 amide bonds. The van der Waals surface area contributed by atoms with Crippen LogP contribution in [0.3, 0.4) is 0 Å². The minimum atomic E-state index is -4.24. The zero-order valence-corrected chi connectivity index (χ0v) is 9.77. The molecule has 0 aliphatic carbocycles. The Morgan fingerprint density at radius 1 is 1.18 bits per heavy atom. The lowest BCUT2D eigenvalue weighted by atomic mass is 9.86. The molecular formula is C13H16F3N. The van der Waals surface area contributed by atoms with Crippen LogP contribution in [-0.4, -0.2) is 13.1 Å². The quantitative estimate of drug-likeness (QED) is 0.796. The van der Waals surface area contributed by atoms with Crippen LogP contribution >= 0.6 is 0 Å². The number of alkyl halides is 3. The van der Waals surface area contributed by atoms with Crippen molar-refractivity contribution in [3.8, 4) is 0 Å². The first-order valence-electron chi connectivity index (χ1n) is 5.87. The van der Waals surface area contributed by atoms with E-state index >= 15 is 0 Å². The van der Waals surface area contributed by atoms with Gasteiger partial charge in [-0.15, -0.1) is 0 Å². The molecule has 0 spiro atoms. The number of rotatable bonds is 1. The van der Waals surface area contributed by atoms with Gasteiger partial charge in [-0.25, -0.2) is 0 Å². The summed E-state index contributed by atoms with van der Waals surface area (Å²) in [7, 11) is 0. The molecule has 1 nitrogen and oxygen atoms in total. The van der Waals surface area contributed by atoms with Crippen LogP contribution in [0.1, 0.15) is 35.4 Å². The summed E-state index contributed by atoms with van der Waals surface area (Å²) in [6.07, 6.45) is -2.67. The van der Waals surface area contributed by atoms with Crippen molar-refractivity contribution in [1.82, 2.24) is 5.32 Å². The van der Waals surface area contributed by atoms with Gasteiger partial charge >= 0.3 is 6.18 Å². The van der Waals surface area contributed by atoms with Gasteiger partial charge in [0, 0.05) is 0 Å². The van der Waals surface area contributed by atoms with Crippen LogP contribution in [0.15, 0.2) is 18.2 Å². The van der Waals surface area contributed by atoms with E-state index in [1.54, 1.807) is 6.07 Å². The number of nitrogens with one attached hydrogen (secondary N) is 1. The maximum Gasteiger partial charge on any atom is 0.416 e. The van der Waals surface area contributed by atoms with Gasteiger partial charge in [0.2, 0.25) is 0 Å². The van der Waals surface area contributed by atoms with Crippen LogP contribution in [-0.2, 0) is 6.18 Å². The fourth-order valence-electron chi connectivity index (χ4n) is 2.41. The molecule has 1 N–H and O–H groups in total. The molecule has 0 bridgehead atoms. The Hall–Kier alpha value is -1.03. The van der Waals surface area contributed by atoms with Gasteiger partial charge in [0.25, 0.3) is 0 Å². The molecular weight excluding hydrogens is 227 g/mol. The Labute approximate surface area is 99.0 Å². The topological polar surface area (TPSA) is 12.0 Å². The molecule has 4 heteroatoms. The third kappa shape index (κ3) is 2.80. The summed E-state index contributed by atoms with van der Waals surface area (Å²) in [6, 6.07) is 4.44. The molecule has 1 fully saturated rings. The minimum Gasteiger partial charge on any atom is -0.317 e. The molecule has 1 saturated heterocycles. The highest BCUT2D eigenvalue weighted by Gasteiger charge is 2.35. The first kappa shape index (κ1) is 12.4. The molecule has 1 heterocycles.